The van der Waals surface area contributed by atoms with Crippen LogP contribution in [0.4, 0.5) is 0 Å². The van der Waals surface area contributed by atoms with Crippen molar-refractivity contribution in [1.29, 1.82) is 0 Å². The SMILES string of the molecule is COc1cc(CC(=O)OCC(=O)NCc2ccccc2C)cc(OC)c1OC. The summed E-state index contributed by atoms with van der Waals surface area (Å²) in [6, 6.07) is 11.1. The summed E-state index contributed by atoms with van der Waals surface area (Å²) in [7, 11) is 4.50. The highest BCUT2D eigenvalue weighted by molar-refractivity contribution is 5.81. The molecule has 0 saturated carbocycles. The van der Waals surface area contributed by atoms with E-state index in [1.54, 1.807) is 12.1 Å². The zero-order valence-corrected chi connectivity index (χ0v) is 16.5. The molecule has 0 aliphatic carbocycles. The van der Waals surface area contributed by atoms with Gasteiger partial charge in [-0.15, -0.1) is 0 Å². The molecule has 1 N–H and O–H groups in total. The average Bonchev–Trinajstić information content (AvgIpc) is 2.70. The molecule has 0 aliphatic rings. The zero-order valence-electron chi connectivity index (χ0n) is 16.5. The molecule has 0 saturated heterocycles. The van der Waals surface area contributed by atoms with Crippen molar-refractivity contribution in [1.82, 2.24) is 5.32 Å². The third-order valence-corrected chi connectivity index (χ3v) is 4.17. The highest BCUT2D eigenvalue weighted by Gasteiger charge is 2.16. The van der Waals surface area contributed by atoms with Crippen LogP contribution in [-0.4, -0.2) is 39.8 Å². The van der Waals surface area contributed by atoms with Crippen molar-refractivity contribution in [3.05, 3.63) is 53.1 Å². The van der Waals surface area contributed by atoms with E-state index in [4.69, 9.17) is 18.9 Å². The minimum Gasteiger partial charge on any atom is -0.493 e. The van der Waals surface area contributed by atoms with Gasteiger partial charge in [-0.3, -0.25) is 9.59 Å². The number of carbonyl (C=O) groups excluding carboxylic acids is 2. The maximum atomic E-state index is 12.1. The molecule has 0 atom stereocenters. The van der Waals surface area contributed by atoms with Gasteiger partial charge >= 0.3 is 5.97 Å². The summed E-state index contributed by atoms with van der Waals surface area (Å²) in [6.45, 7) is 2.02. The fourth-order valence-electron chi connectivity index (χ4n) is 2.65. The number of hydrogen-bond donors (Lipinski definition) is 1. The monoisotopic (exact) mass is 387 g/mol. The Kier molecular flexibility index (Phi) is 7.68. The first kappa shape index (κ1) is 21.1. The van der Waals surface area contributed by atoms with Gasteiger partial charge in [-0.25, -0.2) is 0 Å². The van der Waals surface area contributed by atoms with Gasteiger partial charge in [0.2, 0.25) is 5.75 Å². The summed E-state index contributed by atoms with van der Waals surface area (Å²) in [5.74, 6) is 0.445. The van der Waals surface area contributed by atoms with E-state index in [2.05, 4.69) is 5.32 Å². The minimum atomic E-state index is -0.527. The Morgan fingerprint density at radius 3 is 2.18 bits per heavy atom. The Labute approximate surface area is 164 Å². The van der Waals surface area contributed by atoms with E-state index in [0.717, 1.165) is 11.1 Å². The molecule has 1 amide bonds. The molecule has 2 aromatic carbocycles. The molecule has 7 nitrogen and oxygen atoms in total. The van der Waals surface area contributed by atoms with Crippen LogP contribution in [0, 0.1) is 6.92 Å². The third-order valence-electron chi connectivity index (χ3n) is 4.17. The summed E-state index contributed by atoms with van der Waals surface area (Å²) < 4.78 is 20.8. The number of carbonyl (C=O) groups is 2. The number of esters is 1. The molecule has 7 heteroatoms. The molecule has 0 bridgehead atoms. The fraction of sp³-hybridized carbons (Fsp3) is 0.333. The number of nitrogens with one attached hydrogen (secondary N) is 1. The van der Waals surface area contributed by atoms with Crippen LogP contribution in [0.3, 0.4) is 0 Å². The molecule has 0 heterocycles. The molecule has 0 unspecified atom stereocenters. The normalized spacial score (nSPS) is 10.1. The molecule has 0 aliphatic heterocycles. The summed E-state index contributed by atoms with van der Waals surface area (Å²) in [6.07, 6.45) is -0.0260. The predicted molar refractivity (Wildman–Crippen MR) is 104 cm³/mol. The molecule has 28 heavy (non-hydrogen) atoms. The quantitative estimate of drug-likeness (QED) is 0.666. The maximum absolute atomic E-state index is 12.1. The van der Waals surface area contributed by atoms with Crippen LogP contribution in [-0.2, 0) is 27.3 Å². The summed E-state index contributed by atoms with van der Waals surface area (Å²) in [5, 5.41) is 2.74. The molecular formula is C21H25NO6. The molecule has 0 fully saturated rings. The van der Waals surface area contributed by atoms with Gasteiger partial charge in [0.15, 0.2) is 18.1 Å². The van der Waals surface area contributed by atoms with E-state index in [1.165, 1.54) is 21.3 Å². The van der Waals surface area contributed by atoms with Crippen LogP contribution >= 0.6 is 0 Å². The van der Waals surface area contributed by atoms with Crippen LogP contribution in [0.5, 0.6) is 17.2 Å². The lowest BCUT2D eigenvalue weighted by Crippen LogP contribution is -2.28. The molecule has 150 valence electrons. The molecule has 0 radical (unpaired) electrons. The second-order valence-electron chi connectivity index (χ2n) is 6.07. The second kappa shape index (κ2) is 10.2. The van der Waals surface area contributed by atoms with Crippen molar-refractivity contribution in [3.8, 4) is 17.2 Å². The Bertz CT molecular complexity index is 808. The molecule has 0 aromatic heterocycles. The van der Waals surface area contributed by atoms with Crippen LogP contribution in [0.1, 0.15) is 16.7 Å². The largest absolute Gasteiger partial charge is 0.493 e. The number of aryl methyl sites for hydroxylation is 1. The number of amides is 1. The fourth-order valence-corrected chi connectivity index (χ4v) is 2.65. The van der Waals surface area contributed by atoms with Crippen LogP contribution < -0.4 is 19.5 Å². The van der Waals surface area contributed by atoms with Crippen molar-refractivity contribution in [2.45, 2.75) is 19.9 Å². The Hall–Kier alpha value is -3.22. The summed E-state index contributed by atoms with van der Waals surface area (Å²) in [4.78, 5) is 24.0. The predicted octanol–water partition coefficient (Wildman–Crippen LogP) is 2.42. The van der Waals surface area contributed by atoms with Crippen molar-refractivity contribution in [2.75, 3.05) is 27.9 Å². The van der Waals surface area contributed by atoms with Crippen LogP contribution in [0.25, 0.3) is 0 Å². The summed E-state index contributed by atoms with van der Waals surface area (Å²) >= 11 is 0. The lowest BCUT2D eigenvalue weighted by atomic mass is 10.1. The van der Waals surface area contributed by atoms with Gasteiger partial charge in [0.25, 0.3) is 5.91 Å². The first-order valence-electron chi connectivity index (χ1n) is 8.74. The maximum Gasteiger partial charge on any atom is 0.310 e. The second-order valence-corrected chi connectivity index (χ2v) is 6.07. The van der Waals surface area contributed by atoms with Crippen molar-refractivity contribution in [2.24, 2.45) is 0 Å². The van der Waals surface area contributed by atoms with E-state index in [-0.39, 0.29) is 18.9 Å². The average molecular weight is 387 g/mol. The van der Waals surface area contributed by atoms with Gasteiger partial charge in [0, 0.05) is 6.54 Å². The molecule has 2 rings (SSSR count). The van der Waals surface area contributed by atoms with E-state index >= 15 is 0 Å². The van der Waals surface area contributed by atoms with Gasteiger partial charge in [-0.05, 0) is 35.7 Å². The topological polar surface area (TPSA) is 83.1 Å². The Morgan fingerprint density at radius 2 is 1.61 bits per heavy atom. The Morgan fingerprint density at radius 1 is 0.964 bits per heavy atom. The number of benzene rings is 2. The Balaban J connectivity index is 1.88. The van der Waals surface area contributed by atoms with Crippen molar-refractivity contribution in [3.63, 3.8) is 0 Å². The minimum absolute atomic E-state index is 0.0260. The third kappa shape index (κ3) is 5.64. The lowest BCUT2D eigenvalue weighted by Gasteiger charge is -2.14. The number of methoxy groups -OCH3 is 3. The van der Waals surface area contributed by atoms with Gasteiger partial charge in [0.05, 0.1) is 27.8 Å². The van der Waals surface area contributed by atoms with Gasteiger partial charge < -0.3 is 24.3 Å². The molecular weight excluding hydrogens is 362 g/mol. The zero-order chi connectivity index (χ0) is 20.5. The van der Waals surface area contributed by atoms with E-state index < -0.39 is 5.97 Å². The highest BCUT2D eigenvalue weighted by Crippen LogP contribution is 2.38. The van der Waals surface area contributed by atoms with Gasteiger partial charge in [-0.2, -0.15) is 0 Å². The first-order chi connectivity index (χ1) is 13.5. The lowest BCUT2D eigenvalue weighted by molar-refractivity contribution is -0.147. The number of hydrogen-bond acceptors (Lipinski definition) is 6. The van der Waals surface area contributed by atoms with E-state index in [9.17, 15) is 9.59 Å². The van der Waals surface area contributed by atoms with Crippen molar-refractivity contribution >= 4 is 11.9 Å². The van der Waals surface area contributed by atoms with Crippen LogP contribution in [0.15, 0.2) is 36.4 Å². The van der Waals surface area contributed by atoms with E-state index in [0.29, 0.717) is 29.4 Å². The van der Waals surface area contributed by atoms with Gasteiger partial charge in [0.1, 0.15) is 0 Å². The number of rotatable bonds is 9. The smallest absolute Gasteiger partial charge is 0.310 e. The molecule has 0 spiro atoms. The van der Waals surface area contributed by atoms with Gasteiger partial charge in [-0.1, -0.05) is 24.3 Å². The molecule has 2 aromatic rings. The number of ether oxygens (including phenoxy) is 4. The van der Waals surface area contributed by atoms with Crippen LogP contribution in [0.2, 0.25) is 0 Å². The van der Waals surface area contributed by atoms with Crippen molar-refractivity contribution < 1.29 is 28.5 Å². The first-order valence-corrected chi connectivity index (χ1v) is 8.74. The summed E-state index contributed by atoms with van der Waals surface area (Å²) in [5.41, 5.74) is 2.72. The standard InChI is InChI=1S/C21H25NO6/c1-14-7-5-6-8-16(14)12-22-19(23)13-28-20(24)11-15-9-17(25-2)21(27-4)18(10-15)26-3/h5-10H,11-13H2,1-4H3,(H,22,23). The highest BCUT2D eigenvalue weighted by atomic mass is 16.5. The van der Waals surface area contributed by atoms with E-state index in [1.807, 2.05) is 31.2 Å².